The lowest BCUT2D eigenvalue weighted by Crippen LogP contribution is -2.49. The van der Waals surface area contributed by atoms with Gasteiger partial charge in [0.25, 0.3) is 0 Å². The van der Waals surface area contributed by atoms with Crippen LogP contribution in [0.25, 0.3) is 10.1 Å². The number of rotatable bonds is 9. The van der Waals surface area contributed by atoms with E-state index in [1.807, 2.05) is 12.1 Å². The molecule has 0 bridgehead atoms. The van der Waals surface area contributed by atoms with Crippen molar-refractivity contribution in [3.8, 4) is 5.75 Å². The Kier molecular flexibility index (Phi) is 8.04. The van der Waals surface area contributed by atoms with Crippen LogP contribution in [0.15, 0.2) is 48.5 Å². The summed E-state index contributed by atoms with van der Waals surface area (Å²) in [5, 5.41) is 20.8. The molecule has 2 fully saturated rings. The minimum Gasteiger partial charge on any atom is -0.491 e. The average molecular weight is 510 g/mol. The van der Waals surface area contributed by atoms with E-state index in [4.69, 9.17) is 9.84 Å². The second-order valence-corrected chi connectivity index (χ2v) is 10.9. The number of ether oxygens (including phenoxy) is 1. The summed E-state index contributed by atoms with van der Waals surface area (Å²) >= 11 is 1.55. The molecule has 1 saturated carbocycles. The van der Waals surface area contributed by atoms with Crippen molar-refractivity contribution in [3.05, 3.63) is 54.1 Å². The van der Waals surface area contributed by atoms with Crippen LogP contribution >= 0.6 is 11.5 Å². The molecule has 1 saturated heterocycles. The standard InChI is InChI=1S/C28H35N3O4S/c32-23(18-30-13-15-31(16-14-30)28-25-3-1-2-4-26(25)36-29-28)19-35-24-11-9-22(10-12-24)21-7-5-20(6-8-21)17-27(33)34/h1-4,9-12,20-21,23,32H,5-8,13-19H2,(H,33,34). The predicted octanol–water partition coefficient (Wildman–Crippen LogP) is 4.61. The lowest BCUT2D eigenvalue weighted by Gasteiger charge is -2.35. The smallest absolute Gasteiger partial charge is 0.303 e. The molecule has 0 spiro atoms. The van der Waals surface area contributed by atoms with E-state index >= 15 is 0 Å². The lowest BCUT2D eigenvalue weighted by atomic mass is 9.77. The number of aliphatic carboxylic acids is 1. The third kappa shape index (κ3) is 6.17. The summed E-state index contributed by atoms with van der Waals surface area (Å²) in [6, 6.07) is 16.6. The molecule has 5 rings (SSSR count). The molecule has 2 heterocycles. The fourth-order valence-corrected chi connectivity index (χ4v) is 6.36. The highest BCUT2D eigenvalue weighted by molar-refractivity contribution is 7.13. The zero-order valence-electron chi connectivity index (χ0n) is 20.6. The molecular weight excluding hydrogens is 474 g/mol. The number of aromatic nitrogens is 1. The number of benzene rings is 2. The maximum absolute atomic E-state index is 10.9. The zero-order valence-corrected chi connectivity index (χ0v) is 21.4. The van der Waals surface area contributed by atoms with Gasteiger partial charge in [-0.3, -0.25) is 9.69 Å². The van der Waals surface area contributed by atoms with Crippen molar-refractivity contribution in [1.82, 2.24) is 9.27 Å². The number of carbonyl (C=O) groups is 1. The number of carboxylic acid groups (broad SMARTS) is 1. The summed E-state index contributed by atoms with van der Waals surface area (Å²) in [5.41, 5.74) is 1.29. The van der Waals surface area contributed by atoms with Gasteiger partial charge in [0.1, 0.15) is 24.3 Å². The molecule has 8 heteroatoms. The number of anilines is 1. The van der Waals surface area contributed by atoms with Gasteiger partial charge in [0.05, 0.1) is 4.70 Å². The van der Waals surface area contributed by atoms with Crippen molar-refractivity contribution in [1.29, 1.82) is 0 Å². The Balaban J connectivity index is 1.03. The minimum absolute atomic E-state index is 0.274. The molecule has 192 valence electrons. The topological polar surface area (TPSA) is 86.1 Å². The Hall–Kier alpha value is -2.68. The second kappa shape index (κ2) is 11.6. The molecule has 3 aromatic rings. The molecule has 2 aliphatic rings. The van der Waals surface area contributed by atoms with Crippen LogP contribution in [0, 0.1) is 5.92 Å². The molecule has 1 aliphatic heterocycles. The van der Waals surface area contributed by atoms with Crippen molar-refractivity contribution < 1.29 is 19.7 Å². The predicted molar refractivity (Wildman–Crippen MR) is 143 cm³/mol. The first kappa shape index (κ1) is 25.0. The summed E-state index contributed by atoms with van der Waals surface area (Å²) in [7, 11) is 0. The van der Waals surface area contributed by atoms with Crippen LogP contribution in [0.1, 0.15) is 43.6 Å². The van der Waals surface area contributed by atoms with Gasteiger partial charge in [-0.25, -0.2) is 0 Å². The molecule has 1 unspecified atom stereocenters. The number of nitrogens with zero attached hydrogens (tertiary/aromatic N) is 3. The molecule has 36 heavy (non-hydrogen) atoms. The summed E-state index contributed by atoms with van der Waals surface area (Å²) in [5.74, 6) is 1.98. The van der Waals surface area contributed by atoms with E-state index in [-0.39, 0.29) is 6.61 Å². The first-order valence-electron chi connectivity index (χ1n) is 13.0. The monoisotopic (exact) mass is 509 g/mol. The number of hydrogen-bond donors (Lipinski definition) is 2. The molecule has 1 aromatic heterocycles. The number of carboxylic acids is 1. The summed E-state index contributed by atoms with van der Waals surface area (Å²) in [6.07, 6.45) is 3.80. The van der Waals surface area contributed by atoms with Crippen LogP contribution in [0.3, 0.4) is 0 Å². The molecule has 1 aliphatic carbocycles. The summed E-state index contributed by atoms with van der Waals surface area (Å²) < 4.78 is 11.8. The Morgan fingerprint density at radius 2 is 1.75 bits per heavy atom. The number of aliphatic hydroxyl groups excluding tert-OH is 1. The minimum atomic E-state index is -0.686. The highest BCUT2D eigenvalue weighted by Crippen LogP contribution is 2.37. The Bertz CT molecular complexity index is 1140. The molecule has 2 N–H and O–H groups in total. The highest BCUT2D eigenvalue weighted by Gasteiger charge is 2.24. The molecule has 1 atom stereocenters. The van der Waals surface area contributed by atoms with Crippen LogP contribution in [0.5, 0.6) is 5.75 Å². The van der Waals surface area contributed by atoms with Crippen LogP contribution in [-0.4, -0.2) is 70.9 Å². The van der Waals surface area contributed by atoms with Gasteiger partial charge in [-0.05, 0) is 78.9 Å². The van der Waals surface area contributed by atoms with Crippen molar-refractivity contribution in [2.45, 2.75) is 44.1 Å². The summed E-state index contributed by atoms with van der Waals surface area (Å²) in [6.45, 7) is 4.47. The Labute approximate surface area is 216 Å². The van der Waals surface area contributed by atoms with E-state index < -0.39 is 12.1 Å². The van der Waals surface area contributed by atoms with Crippen molar-refractivity contribution >= 4 is 33.4 Å². The normalized spacial score (nSPS) is 22.0. The van der Waals surface area contributed by atoms with Crippen LogP contribution < -0.4 is 9.64 Å². The zero-order chi connectivity index (χ0) is 24.9. The Morgan fingerprint density at radius 3 is 2.47 bits per heavy atom. The SMILES string of the molecule is O=C(O)CC1CCC(c2ccc(OCC(O)CN3CCN(c4nsc5ccccc45)CC3)cc2)CC1. The van der Waals surface area contributed by atoms with Gasteiger partial charge >= 0.3 is 5.97 Å². The third-order valence-corrected chi connectivity index (χ3v) is 8.42. The quantitative estimate of drug-likeness (QED) is 0.436. The average Bonchev–Trinajstić information content (AvgIpc) is 3.33. The molecule has 2 aromatic carbocycles. The molecule has 0 radical (unpaired) electrons. The van der Waals surface area contributed by atoms with Crippen molar-refractivity contribution in [3.63, 3.8) is 0 Å². The molecule has 7 nitrogen and oxygen atoms in total. The number of piperazine rings is 1. The van der Waals surface area contributed by atoms with Gasteiger partial charge in [-0.2, -0.15) is 4.37 Å². The van der Waals surface area contributed by atoms with Gasteiger partial charge in [-0.1, -0.05) is 24.3 Å². The van der Waals surface area contributed by atoms with Crippen molar-refractivity contribution in [2.75, 3.05) is 44.2 Å². The van der Waals surface area contributed by atoms with E-state index in [9.17, 15) is 9.90 Å². The Morgan fingerprint density at radius 1 is 1.03 bits per heavy atom. The highest BCUT2D eigenvalue weighted by atomic mass is 32.1. The van der Waals surface area contributed by atoms with Crippen LogP contribution in [0.4, 0.5) is 5.82 Å². The van der Waals surface area contributed by atoms with Gasteiger partial charge in [-0.15, -0.1) is 0 Å². The molecule has 0 amide bonds. The van der Waals surface area contributed by atoms with Crippen molar-refractivity contribution in [2.24, 2.45) is 5.92 Å². The first-order chi connectivity index (χ1) is 17.5. The maximum Gasteiger partial charge on any atom is 0.303 e. The van der Waals surface area contributed by atoms with Crippen LogP contribution in [-0.2, 0) is 4.79 Å². The van der Waals surface area contributed by atoms with E-state index in [1.54, 1.807) is 11.5 Å². The number of aliphatic hydroxyl groups is 1. The molecular formula is C28H35N3O4S. The lowest BCUT2D eigenvalue weighted by molar-refractivity contribution is -0.138. The van der Waals surface area contributed by atoms with E-state index in [2.05, 4.69) is 50.6 Å². The van der Waals surface area contributed by atoms with E-state index in [0.29, 0.717) is 24.8 Å². The number of hydrogen-bond acceptors (Lipinski definition) is 7. The maximum atomic E-state index is 10.9. The summed E-state index contributed by atoms with van der Waals surface area (Å²) in [4.78, 5) is 15.6. The fourth-order valence-electron chi connectivity index (χ4n) is 5.57. The van der Waals surface area contributed by atoms with Gasteiger partial charge in [0, 0.05) is 44.5 Å². The fraction of sp³-hybridized carbons (Fsp3) is 0.500. The number of β-amino-alcohol motifs (C(OH)–C–C–N with tert-alkyl or cyclic N) is 1. The third-order valence-electron chi connectivity index (χ3n) is 7.60. The van der Waals surface area contributed by atoms with Gasteiger partial charge in [0.15, 0.2) is 0 Å². The first-order valence-corrected chi connectivity index (χ1v) is 13.8. The van der Waals surface area contributed by atoms with Gasteiger partial charge < -0.3 is 19.8 Å². The number of fused-ring (bicyclic) bond motifs is 1. The largest absolute Gasteiger partial charge is 0.491 e. The second-order valence-electron chi connectivity index (χ2n) is 10.1. The van der Waals surface area contributed by atoms with Gasteiger partial charge in [0.2, 0.25) is 0 Å². The van der Waals surface area contributed by atoms with Crippen LogP contribution in [0.2, 0.25) is 0 Å². The van der Waals surface area contributed by atoms with E-state index in [0.717, 1.165) is 63.4 Å². The van der Waals surface area contributed by atoms with E-state index in [1.165, 1.54) is 15.6 Å².